The van der Waals surface area contributed by atoms with Gasteiger partial charge in [0.2, 0.25) is 0 Å². The molecule has 2 rings (SSSR count). The van der Waals surface area contributed by atoms with Crippen LogP contribution in [0.3, 0.4) is 0 Å². The van der Waals surface area contributed by atoms with Gasteiger partial charge < -0.3 is 5.73 Å². The van der Waals surface area contributed by atoms with Crippen molar-refractivity contribution in [2.75, 3.05) is 5.73 Å². The van der Waals surface area contributed by atoms with Crippen LogP contribution in [0.4, 0.5) is 10.1 Å². The van der Waals surface area contributed by atoms with Crippen LogP contribution in [-0.4, -0.2) is 5.78 Å². The number of hydrogen-bond acceptors (Lipinski definition) is 2. The molecule has 0 aromatic heterocycles. The van der Waals surface area contributed by atoms with E-state index in [1.165, 1.54) is 12.1 Å². The summed E-state index contributed by atoms with van der Waals surface area (Å²) in [5.74, 6) is -0.252. The summed E-state index contributed by atoms with van der Waals surface area (Å²) in [4.78, 5) is 11.8. The zero-order valence-corrected chi connectivity index (χ0v) is 9.90. The molecule has 2 aromatic rings. The lowest BCUT2D eigenvalue weighted by atomic mass is 10.0. The summed E-state index contributed by atoms with van der Waals surface area (Å²) in [5, 5.41) is 0. The SMILES string of the molecule is Nc1ccc(CC(=O)Cc2cccc(F)c2)cc1. The molecular weight excluding hydrogens is 229 g/mol. The van der Waals surface area contributed by atoms with E-state index >= 15 is 0 Å². The molecule has 0 heterocycles. The van der Waals surface area contributed by atoms with E-state index in [1.807, 2.05) is 12.1 Å². The molecule has 0 radical (unpaired) electrons. The number of nitrogens with two attached hydrogens (primary N) is 1. The molecule has 3 heteroatoms. The van der Waals surface area contributed by atoms with Gasteiger partial charge in [0.25, 0.3) is 0 Å². The monoisotopic (exact) mass is 243 g/mol. The largest absolute Gasteiger partial charge is 0.399 e. The number of rotatable bonds is 4. The Morgan fingerprint density at radius 3 is 2.33 bits per heavy atom. The van der Waals surface area contributed by atoms with Gasteiger partial charge in [-0.2, -0.15) is 0 Å². The first-order valence-corrected chi connectivity index (χ1v) is 5.74. The van der Waals surface area contributed by atoms with Crippen molar-refractivity contribution < 1.29 is 9.18 Å². The Bertz CT molecular complexity index is 549. The van der Waals surface area contributed by atoms with Crippen LogP contribution in [0, 0.1) is 5.82 Å². The smallest absolute Gasteiger partial charge is 0.141 e. The molecule has 2 nitrogen and oxygen atoms in total. The molecule has 0 fully saturated rings. The highest BCUT2D eigenvalue weighted by molar-refractivity contribution is 5.83. The minimum Gasteiger partial charge on any atom is -0.399 e. The fraction of sp³-hybridized carbons (Fsp3) is 0.133. The lowest BCUT2D eigenvalue weighted by molar-refractivity contribution is -0.117. The number of benzene rings is 2. The third kappa shape index (κ3) is 3.42. The van der Waals surface area contributed by atoms with Gasteiger partial charge in [-0.15, -0.1) is 0 Å². The lowest BCUT2D eigenvalue weighted by Crippen LogP contribution is -2.06. The van der Waals surface area contributed by atoms with E-state index in [0.717, 1.165) is 5.56 Å². The number of anilines is 1. The first-order valence-electron chi connectivity index (χ1n) is 5.74. The van der Waals surface area contributed by atoms with Crippen molar-refractivity contribution in [3.05, 3.63) is 65.5 Å². The predicted molar refractivity (Wildman–Crippen MR) is 69.7 cm³/mol. The van der Waals surface area contributed by atoms with E-state index in [1.54, 1.807) is 24.3 Å². The Morgan fingerprint density at radius 2 is 1.67 bits per heavy atom. The maximum atomic E-state index is 13.0. The van der Waals surface area contributed by atoms with Gasteiger partial charge in [0.15, 0.2) is 0 Å². The predicted octanol–water partition coefficient (Wildman–Crippen LogP) is 2.76. The van der Waals surface area contributed by atoms with Crippen LogP contribution in [0.2, 0.25) is 0 Å². The van der Waals surface area contributed by atoms with E-state index in [9.17, 15) is 9.18 Å². The van der Waals surface area contributed by atoms with Crippen LogP contribution in [0.25, 0.3) is 0 Å². The van der Waals surface area contributed by atoms with E-state index in [4.69, 9.17) is 5.73 Å². The van der Waals surface area contributed by atoms with Gasteiger partial charge in [-0.05, 0) is 35.4 Å². The summed E-state index contributed by atoms with van der Waals surface area (Å²) in [6, 6.07) is 13.3. The number of hydrogen-bond donors (Lipinski definition) is 1. The molecule has 0 saturated heterocycles. The fourth-order valence-electron chi connectivity index (χ4n) is 1.80. The molecule has 0 spiro atoms. The fourth-order valence-corrected chi connectivity index (χ4v) is 1.80. The summed E-state index contributed by atoms with van der Waals surface area (Å²) in [6.07, 6.45) is 0.596. The molecule has 0 amide bonds. The van der Waals surface area contributed by atoms with E-state index < -0.39 is 0 Å². The lowest BCUT2D eigenvalue weighted by Gasteiger charge is -2.03. The van der Waals surface area contributed by atoms with Crippen molar-refractivity contribution in [3.63, 3.8) is 0 Å². The highest BCUT2D eigenvalue weighted by Crippen LogP contribution is 2.09. The van der Waals surface area contributed by atoms with Crippen LogP contribution >= 0.6 is 0 Å². The number of nitrogen functional groups attached to an aromatic ring is 1. The molecule has 92 valence electrons. The molecule has 18 heavy (non-hydrogen) atoms. The number of carbonyl (C=O) groups is 1. The number of halogens is 1. The topological polar surface area (TPSA) is 43.1 Å². The average molecular weight is 243 g/mol. The van der Waals surface area contributed by atoms with Gasteiger partial charge >= 0.3 is 0 Å². The normalized spacial score (nSPS) is 10.3. The second-order valence-corrected chi connectivity index (χ2v) is 4.26. The molecule has 0 saturated carbocycles. The van der Waals surface area contributed by atoms with Crippen molar-refractivity contribution in [2.45, 2.75) is 12.8 Å². The zero-order chi connectivity index (χ0) is 13.0. The third-order valence-corrected chi connectivity index (χ3v) is 2.67. The van der Waals surface area contributed by atoms with Crippen molar-refractivity contribution in [3.8, 4) is 0 Å². The minimum atomic E-state index is -0.312. The van der Waals surface area contributed by atoms with Crippen LogP contribution in [0.1, 0.15) is 11.1 Å². The van der Waals surface area contributed by atoms with Crippen molar-refractivity contribution in [1.82, 2.24) is 0 Å². The van der Waals surface area contributed by atoms with Crippen LogP contribution in [0.15, 0.2) is 48.5 Å². The Balaban J connectivity index is 1.98. The van der Waals surface area contributed by atoms with Crippen molar-refractivity contribution in [1.29, 1.82) is 0 Å². The van der Waals surface area contributed by atoms with Gasteiger partial charge in [-0.1, -0.05) is 24.3 Å². The molecular formula is C15H14FNO. The molecule has 0 bridgehead atoms. The van der Waals surface area contributed by atoms with Gasteiger partial charge in [0, 0.05) is 18.5 Å². The first-order chi connectivity index (χ1) is 8.63. The molecule has 0 atom stereocenters. The minimum absolute atomic E-state index is 0.0605. The molecule has 0 aliphatic carbocycles. The highest BCUT2D eigenvalue weighted by Gasteiger charge is 2.06. The first kappa shape index (κ1) is 12.3. The van der Waals surface area contributed by atoms with Gasteiger partial charge in [0.05, 0.1) is 0 Å². The quantitative estimate of drug-likeness (QED) is 0.839. The van der Waals surface area contributed by atoms with Gasteiger partial charge in [0.1, 0.15) is 11.6 Å². The summed E-state index contributed by atoms with van der Waals surface area (Å²) < 4.78 is 13.0. The van der Waals surface area contributed by atoms with Gasteiger partial charge in [-0.3, -0.25) is 4.79 Å². The summed E-state index contributed by atoms with van der Waals surface area (Å²) in [6.45, 7) is 0. The molecule has 2 aromatic carbocycles. The second kappa shape index (κ2) is 5.45. The van der Waals surface area contributed by atoms with Crippen molar-refractivity contribution in [2.24, 2.45) is 0 Å². The Labute approximate surface area is 105 Å². The maximum Gasteiger partial charge on any atom is 0.141 e. The average Bonchev–Trinajstić information content (AvgIpc) is 2.32. The summed E-state index contributed by atoms with van der Waals surface area (Å²) >= 11 is 0. The molecule has 0 unspecified atom stereocenters. The summed E-state index contributed by atoms with van der Waals surface area (Å²) in [5.41, 5.74) is 7.87. The van der Waals surface area contributed by atoms with E-state index in [-0.39, 0.29) is 18.0 Å². The standard InChI is InChI=1S/C15H14FNO/c16-13-3-1-2-12(8-13)10-15(18)9-11-4-6-14(17)7-5-11/h1-8H,9-10,17H2. The maximum absolute atomic E-state index is 13.0. The third-order valence-electron chi connectivity index (χ3n) is 2.67. The molecule has 0 aliphatic heterocycles. The second-order valence-electron chi connectivity index (χ2n) is 4.26. The van der Waals surface area contributed by atoms with Crippen molar-refractivity contribution >= 4 is 11.5 Å². The van der Waals surface area contributed by atoms with Crippen LogP contribution < -0.4 is 5.73 Å². The van der Waals surface area contributed by atoms with E-state index in [2.05, 4.69) is 0 Å². The zero-order valence-electron chi connectivity index (χ0n) is 9.90. The van der Waals surface area contributed by atoms with E-state index in [0.29, 0.717) is 17.7 Å². The van der Waals surface area contributed by atoms with Crippen LogP contribution in [0.5, 0.6) is 0 Å². The molecule has 0 aliphatic rings. The number of ketones is 1. The number of Topliss-reactive ketones (excluding diaryl/α,β-unsaturated/α-hetero) is 1. The van der Waals surface area contributed by atoms with Gasteiger partial charge in [-0.25, -0.2) is 4.39 Å². The Kier molecular flexibility index (Phi) is 3.72. The number of carbonyl (C=O) groups excluding carboxylic acids is 1. The summed E-state index contributed by atoms with van der Waals surface area (Å²) in [7, 11) is 0. The van der Waals surface area contributed by atoms with Crippen LogP contribution in [-0.2, 0) is 17.6 Å². The Morgan fingerprint density at radius 1 is 1.00 bits per heavy atom. The Hall–Kier alpha value is -2.16. The molecule has 2 N–H and O–H groups in total. The highest BCUT2D eigenvalue weighted by atomic mass is 19.1.